The second kappa shape index (κ2) is 4.22. The summed E-state index contributed by atoms with van der Waals surface area (Å²) < 4.78 is 4.75. The van der Waals surface area contributed by atoms with E-state index in [2.05, 4.69) is 0 Å². The van der Waals surface area contributed by atoms with Crippen LogP contribution in [-0.4, -0.2) is 28.9 Å². The normalized spacial score (nSPS) is 9.94. The summed E-state index contributed by atoms with van der Waals surface area (Å²) in [6.45, 7) is 2.49. The minimum atomic E-state index is -0.461. The molecule has 1 aromatic carbocycles. The highest BCUT2D eigenvalue weighted by atomic mass is 16.5. The molecule has 0 atom stereocenters. The predicted molar refractivity (Wildman–Crippen MR) is 56.3 cm³/mol. The Morgan fingerprint density at radius 2 is 1.44 bits per heavy atom. The minimum Gasteiger partial charge on any atom is -0.504 e. The maximum absolute atomic E-state index is 11.2. The summed E-state index contributed by atoms with van der Waals surface area (Å²) in [6.07, 6.45) is 0. The molecule has 1 rings (SSSR count). The zero-order valence-corrected chi connectivity index (χ0v) is 9.20. The van der Waals surface area contributed by atoms with Crippen molar-refractivity contribution in [1.82, 2.24) is 0 Å². The molecule has 0 heterocycles. The lowest BCUT2D eigenvalue weighted by Crippen LogP contribution is -2.02. The molecule has 0 bridgehead atoms. The van der Waals surface area contributed by atoms with Gasteiger partial charge in [-0.25, -0.2) is 0 Å². The zero-order chi connectivity index (χ0) is 12.5. The maximum atomic E-state index is 11.2. The summed E-state index contributed by atoms with van der Waals surface area (Å²) in [6, 6.07) is 1.15. The fraction of sp³-hybridized carbons (Fsp3) is 0.273. The maximum Gasteiger partial charge on any atom is 0.204 e. The molecular formula is C11H12O5. The van der Waals surface area contributed by atoms with Crippen LogP contribution in [-0.2, 0) is 0 Å². The van der Waals surface area contributed by atoms with E-state index in [-0.39, 0.29) is 16.9 Å². The van der Waals surface area contributed by atoms with E-state index >= 15 is 0 Å². The van der Waals surface area contributed by atoms with Crippen LogP contribution in [0.4, 0.5) is 0 Å². The van der Waals surface area contributed by atoms with E-state index in [1.165, 1.54) is 21.0 Å². The molecule has 86 valence electrons. The zero-order valence-electron chi connectivity index (χ0n) is 9.20. The average molecular weight is 224 g/mol. The number of phenolic OH excluding ortho intramolecular Hbond substituents is 2. The highest BCUT2D eigenvalue weighted by Crippen LogP contribution is 2.41. The van der Waals surface area contributed by atoms with E-state index < -0.39 is 23.1 Å². The minimum absolute atomic E-state index is 0.0557. The third-order valence-electron chi connectivity index (χ3n) is 2.19. The molecule has 16 heavy (non-hydrogen) atoms. The number of Topliss-reactive ketones (excluding diaryl/α,β-unsaturated/α-hetero) is 2. The number of hydrogen-bond acceptors (Lipinski definition) is 5. The third kappa shape index (κ3) is 1.84. The molecule has 2 N–H and O–H groups in total. The Labute approximate surface area is 92.3 Å². The number of rotatable bonds is 3. The van der Waals surface area contributed by atoms with Crippen LogP contribution in [0.15, 0.2) is 6.07 Å². The number of hydrogen-bond donors (Lipinski definition) is 2. The van der Waals surface area contributed by atoms with Crippen LogP contribution in [0.25, 0.3) is 0 Å². The van der Waals surface area contributed by atoms with Crippen molar-refractivity contribution in [3.05, 3.63) is 17.2 Å². The van der Waals surface area contributed by atoms with Gasteiger partial charge in [0.1, 0.15) is 0 Å². The van der Waals surface area contributed by atoms with E-state index in [0.29, 0.717) is 0 Å². The third-order valence-corrected chi connectivity index (χ3v) is 2.19. The van der Waals surface area contributed by atoms with Gasteiger partial charge in [0.05, 0.1) is 18.2 Å². The summed E-state index contributed by atoms with van der Waals surface area (Å²) in [7, 11) is 1.22. The van der Waals surface area contributed by atoms with Crippen molar-refractivity contribution >= 4 is 11.6 Å². The summed E-state index contributed by atoms with van der Waals surface area (Å²) in [5, 5.41) is 19.3. The highest BCUT2D eigenvalue weighted by molar-refractivity contribution is 6.04. The first-order chi connectivity index (χ1) is 7.40. The Morgan fingerprint density at radius 1 is 1.06 bits per heavy atom. The number of benzene rings is 1. The fourth-order valence-electron chi connectivity index (χ4n) is 1.37. The molecule has 5 nitrogen and oxygen atoms in total. The summed E-state index contributed by atoms with van der Waals surface area (Å²) in [5.41, 5.74) is -0.111. The molecule has 0 radical (unpaired) electrons. The van der Waals surface area contributed by atoms with Gasteiger partial charge in [-0.1, -0.05) is 0 Å². The largest absolute Gasteiger partial charge is 0.504 e. The first-order valence-corrected chi connectivity index (χ1v) is 4.55. The van der Waals surface area contributed by atoms with E-state index in [1.54, 1.807) is 0 Å². The van der Waals surface area contributed by atoms with Crippen LogP contribution in [0.1, 0.15) is 34.6 Å². The van der Waals surface area contributed by atoms with Gasteiger partial charge in [-0.3, -0.25) is 9.59 Å². The van der Waals surface area contributed by atoms with Crippen molar-refractivity contribution in [2.75, 3.05) is 7.11 Å². The van der Waals surface area contributed by atoms with Gasteiger partial charge in [0.25, 0.3) is 0 Å². The Bertz CT molecular complexity index is 424. The van der Waals surface area contributed by atoms with Crippen LogP contribution < -0.4 is 4.74 Å². The van der Waals surface area contributed by atoms with Crippen LogP contribution in [0.2, 0.25) is 0 Å². The van der Waals surface area contributed by atoms with Crippen molar-refractivity contribution in [2.45, 2.75) is 13.8 Å². The molecule has 0 unspecified atom stereocenters. The van der Waals surface area contributed by atoms with Crippen molar-refractivity contribution < 1.29 is 24.5 Å². The smallest absolute Gasteiger partial charge is 0.204 e. The summed E-state index contributed by atoms with van der Waals surface area (Å²) >= 11 is 0. The molecule has 0 fully saturated rings. The monoisotopic (exact) mass is 224 g/mol. The van der Waals surface area contributed by atoms with E-state index in [0.717, 1.165) is 6.07 Å². The Kier molecular flexibility index (Phi) is 3.17. The highest BCUT2D eigenvalue weighted by Gasteiger charge is 2.22. The SMILES string of the molecule is COc1c(O)c(C(C)=O)cc(C(C)=O)c1O. The number of phenols is 2. The topological polar surface area (TPSA) is 83.8 Å². The Hall–Kier alpha value is -2.04. The molecule has 0 aliphatic rings. The van der Waals surface area contributed by atoms with Crippen molar-refractivity contribution in [2.24, 2.45) is 0 Å². The average Bonchev–Trinajstić information content (AvgIpc) is 2.17. The summed E-state index contributed by atoms with van der Waals surface area (Å²) in [5.74, 6) is -2.02. The lowest BCUT2D eigenvalue weighted by Gasteiger charge is -2.11. The molecule has 5 heteroatoms. The van der Waals surface area contributed by atoms with Gasteiger partial charge >= 0.3 is 0 Å². The van der Waals surface area contributed by atoms with Crippen LogP contribution in [0, 0.1) is 0 Å². The van der Waals surface area contributed by atoms with Gasteiger partial charge in [-0.2, -0.15) is 0 Å². The number of aromatic hydroxyl groups is 2. The molecule has 1 aromatic rings. The van der Waals surface area contributed by atoms with E-state index in [9.17, 15) is 19.8 Å². The number of carbonyl (C=O) groups is 2. The fourth-order valence-corrected chi connectivity index (χ4v) is 1.37. The molecule has 0 amide bonds. The standard InChI is InChI=1S/C11H12O5/c1-5(12)7-4-8(6(2)13)10(15)11(16-3)9(7)14/h4,14-15H,1-3H3. The van der Waals surface area contributed by atoms with E-state index in [1.807, 2.05) is 0 Å². The molecule has 0 saturated heterocycles. The summed E-state index contributed by atoms with van der Waals surface area (Å²) in [4.78, 5) is 22.4. The van der Waals surface area contributed by atoms with Crippen molar-refractivity contribution in [3.8, 4) is 17.2 Å². The van der Waals surface area contributed by atoms with Crippen LogP contribution in [0.3, 0.4) is 0 Å². The first-order valence-electron chi connectivity index (χ1n) is 4.55. The van der Waals surface area contributed by atoms with Crippen molar-refractivity contribution in [3.63, 3.8) is 0 Å². The Balaban J connectivity index is 3.62. The molecular weight excluding hydrogens is 212 g/mol. The predicted octanol–water partition coefficient (Wildman–Crippen LogP) is 1.51. The number of carbonyl (C=O) groups excluding carboxylic acids is 2. The van der Waals surface area contributed by atoms with Gasteiger partial charge in [-0.05, 0) is 19.9 Å². The molecule has 0 aromatic heterocycles. The van der Waals surface area contributed by atoms with Gasteiger partial charge in [0.15, 0.2) is 23.1 Å². The van der Waals surface area contributed by atoms with Gasteiger partial charge in [0, 0.05) is 0 Å². The van der Waals surface area contributed by atoms with Gasteiger partial charge in [0.2, 0.25) is 5.75 Å². The molecule has 0 spiro atoms. The molecule has 0 saturated carbocycles. The number of ether oxygens (including phenoxy) is 1. The number of methoxy groups -OCH3 is 1. The van der Waals surface area contributed by atoms with Gasteiger partial charge in [-0.15, -0.1) is 0 Å². The van der Waals surface area contributed by atoms with Gasteiger partial charge < -0.3 is 14.9 Å². The van der Waals surface area contributed by atoms with Crippen LogP contribution in [0.5, 0.6) is 17.2 Å². The Morgan fingerprint density at radius 3 is 1.69 bits per heavy atom. The second-order valence-corrected chi connectivity index (χ2v) is 3.31. The molecule has 0 aliphatic heterocycles. The first kappa shape index (κ1) is 12.0. The lowest BCUT2D eigenvalue weighted by atomic mass is 10.0. The molecule has 0 aliphatic carbocycles. The van der Waals surface area contributed by atoms with E-state index in [4.69, 9.17) is 4.74 Å². The second-order valence-electron chi connectivity index (χ2n) is 3.31. The lowest BCUT2D eigenvalue weighted by molar-refractivity contribution is 0.101. The van der Waals surface area contributed by atoms with Crippen molar-refractivity contribution in [1.29, 1.82) is 0 Å². The van der Waals surface area contributed by atoms with Crippen LogP contribution >= 0.6 is 0 Å². The number of ketones is 2. The quantitative estimate of drug-likeness (QED) is 0.760.